The number of benzene rings is 2. The van der Waals surface area contributed by atoms with Gasteiger partial charge in [-0.25, -0.2) is 0 Å². The predicted molar refractivity (Wildman–Crippen MR) is 91.2 cm³/mol. The number of thioether (sulfide) groups is 1. The van der Waals surface area contributed by atoms with E-state index in [-0.39, 0.29) is 5.78 Å². The number of ketones is 1. The van der Waals surface area contributed by atoms with Crippen LogP contribution >= 0.6 is 11.8 Å². The van der Waals surface area contributed by atoms with Crippen molar-refractivity contribution in [2.24, 2.45) is 0 Å². The molecule has 4 heteroatoms. The summed E-state index contributed by atoms with van der Waals surface area (Å²) in [5.41, 5.74) is 0.639. The van der Waals surface area contributed by atoms with Crippen molar-refractivity contribution < 1.29 is 14.3 Å². The Morgan fingerprint density at radius 2 is 1.55 bits per heavy atom. The number of carbonyl (C=O) groups is 1. The van der Waals surface area contributed by atoms with Gasteiger partial charge < -0.3 is 9.47 Å². The zero-order valence-electron chi connectivity index (χ0n) is 12.7. The molecule has 0 atom stereocenters. The molecule has 0 saturated carbocycles. The van der Waals surface area contributed by atoms with Gasteiger partial charge in [-0.15, -0.1) is 0 Å². The second-order valence-corrected chi connectivity index (χ2v) is 5.90. The minimum atomic E-state index is 0.0273. The lowest BCUT2D eigenvalue weighted by Crippen LogP contribution is -2.06. The Bertz CT molecular complexity index is 584. The van der Waals surface area contributed by atoms with E-state index in [1.54, 1.807) is 24.8 Å². The fraction of sp³-hybridized carbons (Fsp3) is 0.278. The van der Waals surface area contributed by atoms with Crippen molar-refractivity contribution in [2.75, 3.05) is 24.7 Å². The lowest BCUT2D eigenvalue weighted by atomic mass is 10.1. The average molecular weight is 316 g/mol. The topological polar surface area (TPSA) is 35.5 Å². The van der Waals surface area contributed by atoms with Crippen molar-refractivity contribution in [3.05, 3.63) is 60.2 Å². The first kappa shape index (κ1) is 16.4. The summed E-state index contributed by atoms with van der Waals surface area (Å²) in [6.07, 6.45) is 0. The largest absolute Gasteiger partial charge is 0.493 e. The van der Waals surface area contributed by atoms with Gasteiger partial charge >= 0.3 is 0 Å². The first-order chi connectivity index (χ1) is 10.8. The molecule has 2 rings (SSSR count). The molecule has 0 fully saturated rings. The van der Waals surface area contributed by atoms with Crippen molar-refractivity contribution in [2.45, 2.75) is 6.92 Å². The first-order valence-corrected chi connectivity index (χ1v) is 8.41. The van der Waals surface area contributed by atoms with E-state index in [4.69, 9.17) is 9.47 Å². The van der Waals surface area contributed by atoms with Crippen molar-refractivity contribution in [1.82, 2.24) is 0 Å². The van der Waals surface area contributed by atoms with Gasteiger partial charge in [0.15, 0.2) is 5.78 Å². The Morgan fingerprint density at radius 3 is 2.27 bits per heavy atom. The molecular formula is C18H20O3S. The maximum Gasteiger partial charge on any atom is 0.163 e. The average Bonchev–Trinajstić information content (AvgIpc) is 2.55. The van der Waals surface area contributed by atoms with E-state index in [0.29, 0.717) is 24.5 Å². The summed E-state index contributed by atoms with van der Waals surface area (Å²) < 4.78 is 11.3. The fourth-order valence-electron chi connectivity index (χ4n) is 1.93. The van der Waals surface area contributed by atoms with Crippen molar-refractivity contribution in [3.63, 3.8) is 0 Å². The molecule has 0 spiro atoms. The molecule has 0 aliphatic rings. The number of rotatable bonds is 9. The monoisotopic (exact) mass is 316 g/mol. The van der Waals surface area contributed by atoms with Gasteiger partial charge in [0.1, 0.15) is 11.5 Å². The number of carbonyl (C=O) groups excluding carboxylic acids is 1. The van der Waals surface area contributed by atoms with Crippen LogP contribution in [0.1, 0.15) is 17.3 Å². The van der Waals surface area contributed by atoms with Crippen LogP contribution in [-0.4, -0.2) is 30.5 Å². The molecule has 0 N–H and O–H groups in total. The fourth-order valence-corrected chi connectivity index (χ4v) is 2.54. The standard InChI is InChI=1S/C18H20O3S/c1-15(19)17-9-5-6-10-18(17)21-12-14-22-13-11-20-16-7-3-2-4-8-16/h2-10H,11-14H2,1H3. The Balaban J connectivity index is 1.61. The molecule has 3 nitrogen and oxygen atoms in total. The van der Waals surface area contributed by atoms with E-state index in [1.165, 1.54) is 0 Å². The summed E-state index contributed by atoms with van der Waals surface area (Å²) in [6.45, 7) is 2.82. The lowest BCUT2D eigenvalue weighted by Gasteiger charge is -2.09. The van der Waals surface area contributed by atoms with Gasteiger partial charge in [0.05, 0.1) is 18.8 Å². The maximum atomic E-state index is 11.5. The van der Waals surface area contributed by atoms with Gasteiger partial charge in [-0.05, 0) is 31.2 Å². The van der Waals surface area contributed by atoms with E-state index in [0.717, 1.165) is 17.3 Å². The summed E-state index contributed by atoms with van der Waals surface area (Å²) in [5.74, 6) is 3.36. The van der Waals surface area contributed by atoms with Crippen LogP contribution in [0.4, 0.5) is 0 Å². The molecule has 2 aromatic carbocycles. The van der Waals surface area contributed by atoms with Gasteiger partial charge in [0.2, 0.25) is 0 Å². The summed E-state index contributed by atoms with van der Waals surface area (Å²) in [7, 11) is 0. The van der Waals surface area contributed by atoms with Crippen LogP contribution < -0.4 is 9.47 Å². The van der Waals surface area contributed by atoms with Crippen LogP contribution in [-0.2, 0) is 0 Å². The molecule has 22 heavy (non-hydrogen) atoms. The summed E-state index contributed by atoms with van der Waals surface area (Å²) in [6, 6.07) is 17.1. The molecule has 0 bridgehead atoms. The van der Waals surface area contributed by atoms with Crippen LogP contribution in [0, 0.1) is 0 Å². The van der Waals surface area contributed by atoms with Crippen LogP contribution in [0.5, 0.6) is 11.5 Å². The third-order valence-corrected chi connectivity index (χ3v) is 3.90. The Hall–Kier alpha value is -1.94. The van der Waals surface area contributed by atoms with E-state index in [9.17, 15) is 4.79 Å². The van der Waals surface area contributed by atoms with Crippen LogP contribution in [0.15, 0.2) is 54.6 Å². The highest BCUT2D eigenvalue weighted by Gasteiger charge is 2.06. The molecule has 0 amide bonds. The maximum absolute atomic E-state index is 11.5. The number of para-hydroxylation sites is 2. The minimum absolute atomic E-state index is 0.0273. The highest BCUT2D eigenvalue weighted by Crippen LogP contribution is 2.18. The molecule has 0 radical (unpaired) electrons. The normalized spacial score (nSPS) is 10.2. The van der Waals surface area contributed by atoms with Gasteiger partial charge in [0, 0.05) is 11.5 Å². The van der Waals surface area contributed by atoms with E-state index in [1.807, 2.05) is 48.5 Å². The quantitative estimate of drug-likeness (QED) is 0.516. The zero-order valence-corrected chi connectivity index (χ0v) is 13.5. The highest BCUT2D eigenvalue weighted by molar-refractivity contribution is 7.99. The van der Waals surface area contributed by atoms with Crippen molar-refractivity contribution in [3.8, 4) is 11.5 Å². The molecule has 0 saturated heterocycles. The molecule has 2 aromatic rings. The Labute approximate surface area is 135 Å². The lowest BCUT2D eigenvalue weighted by molar-refractivity contribution is 0.101. The number of Topliss-reactive ketones (excluding diaryl/α,β-unsaturated/α-hetero) is 1. The molecule has 0 heterocycles. The van der Waals surface area contributed by atoms with Crippen LogP contribution in [0.2, 0.25) is 0 Å². The van der Waals surface area contributed by atoms with Gasteiger partial charge in [0.25, 0.3) is 0 Å². The number of hydrogen-bond acceptors (Lipinski definition) is 4. The first-order valence-electron chi connectivity index (χ1n) is 7.26. The van der Waals surface area contributed by atoms with Crippen molar-refractivity contribution >= 4 is 17.5 Å². The summed E-state index contributed by atoms with van der Waals surface area (Å²) in [4.78, 5) is 11.5. The smallest absolute Gasteiger partial charge is 0.163 e. The molecule has 116 valence electrons. The van der Waals surface area contributed by atoms with Crippen LogP contribution in [0.3, 0.4) is 0 Å². The van der Waals surface area contributed by atoms with Crippen molar-refractivity contribution in [1.29, 1.82) is 0 Å². The second-order valence-electron chi connectivity index (χ2n) is 4.67. The molecule has 0 unspecified atom stereocenters. The SMILES string of the molecule is CC(=O)c1ccccc1OCCSCCOc1ccccc1. The van der Waals surface area contributed by atoms with Crippen LogP contribution in [0.25, 0.3) is 0 Å². The third-order valence-electron chi connectivity index (χ3n) is 2.99. The van der Waals surface area contributed by atoms with Gasteiger partial charge in [-0.2, -0.15) is 11.8 Å². The zero-order chi connectivity index (χ0) is 15.6. The minimum Gasteiger partial charge on any atom is -0.493 e. The summed E-state index contributed by atoms with van der Waals surface area (Å²) >= 11 is 1.77. The second kappa shape index (κ2) is 9.15. The molecule has 0 aliphatic heterocycles. The Kier molecular flexibility index (Phi) is 6.84. The predicted octanol–water partition coefficient (Wildman–Crippen LogP) is 4.08. The molecule has 0 aliphatic carbocycles. The third kappa shape index (κ3) is 5.45. The van der Waals surface area contributed by atoms with E-state index < -0.39 is 0 Å². The Morgan fingerprint density at radius 1 is 0.909 bits per heavy atom. The van der Waals surface area contributed by atoms with E-state index >= 15 is 0 Å². The summed E-state index contributed by atoms with van der Waals surface area (Å²) in [5, 5.41) is 0. The van der Waals surface area contributed by atoms with E-state index in [2.05, 4.69) is 0 Å². The van der Waals surface area contributed by atoms with Gasteiger partial charge in [-0.3, -0.25) is 4.79 Å². The molecule has 0 aromatic heterocycles. The highest BCUT2D eigenvalue weighted by atomic mass is 32.2. The number of ether oxygens (including phenoxy) is 2. The van der Waals surface area contributed by atoms with Gasteiger partial charge in [-0.1, -0.05) is 30.3 Å². The molecular weight excluding hydrogens is 296 g/mol. The number of hydrogen-bond donors (Lipinski definition) is 0.